The van der Waals surface area contributed by atoms with Gasteiger partial charge in [0, 0.05) is 25.2 Å². The van der Waals surface area contributed by atoms with E-state index in [2.05, 4.69) is 5.32 Å². The number of benzene rings is 2. The zero-order valence-corrected chi connectivity index (χ0v) is 13.5. The maximum Gasteiger partial charge on any atom is 0.227 e. The molecule has 3 rings (SSSR count). The fourth-order valence-electron chi connectivity index (χ4n) is 2.84. The lowest BCUT2D eigenvalue weighted by molar-refractivity contribution is -0.126. The third kappa shape index (κ3) is 3.62. The Morgan fingerprint density at radius 1 is 1.25 bits per heavy atom. The van der Waals surface area contributed by atoms with Gasteiger partial charge in [-0.25, -0.2) is 4.39 Å². The number of carbonyl (C=O) groups is 2. The smallest absolute Gasteiger partial charge is 0.227 e. The molecule has 0 aliphatic carbocycles. The van der Waals surface area contributed by atoms with Crippen LogP contribution in [0.15, 0.2) is 48.5 Å². The van der Waals surface area contributed by atoms with Crippen LogP contribution >= 0.6 is 0 Å². The lowest BCUT2D eigenvalue weighted by Crippen LogP contribution is -2.32. The summed E-state index contributed by atoms with van der Waals surface area (Å²) in [4.78, 5) is 26.1. The first-order chi connectivity index (χ1) is 11.5. The molecule has 1 heterocycles. The zero-order valence-electron chi connectivity index (χ0n) is 13.5. The summed E-state index contributed by atoms with van der Waals surface area (Å²) in [5.41, 5.74) is 2.63. The van der Waals surface area contributed by atoms with E-state index < -0.39 is 0 Å². The largest absolute Gasteiger partial charge is 0.352 e. The second-order valence-electron chi connectivity index (χ2n) is 6.09. The van der Waals surface area contributed by atoms with Gasteiger partial charge in [-0.05, 0) is 36.8 Å². The van der Waals surface area contributed by atoms with Gasteiger partial charge in [0.05, 0.1) is 5.92 Å². The molecule has 0 unspecified atom stereocenters. The Bertz CT molecular complexity index is 758. The molecule has 4 nitrogen and oxygen atoms in total. The molecule has 1 aliphatic rings. The van der Waals surface area contributed by atoms with Gasteiger partial charge >= 0.3 is 0 Å². The van der Waals surface area contributed by atoms with Crippen molar-refractivity contribution in [2.45, 2.75) is 19.9 Å². The minimum atomic E-state index is -0.382. The van der Waals surface area contributed by atoms with Gasteiger partial charge < -0.3 is 10.2 Å². The average molecular weight is 326 g/mol. The number of anilines is 1. The second kappa shape index (κ2) is 6.83. The molecule has 1 N–H and O–H groups in total. The molecule has 1 fully saturated rings. The van der Waals surface area contributed by atoms with E-state index in [4.69, 9.17) is 0 Å². The van der Waals surface area contributed by atoms with E-state index in [1.807, 2.05) is 31.2 Å². The molecular weight excluding hydrogens is 307 g/mol. The Hall–Kier alpha value is -2.69. The third-order valence-corrected chi connectivity index (χ3v) is 4.20. The van der Waals surface area contributed by atoms with Crippen LogP contribution in [-0.2, 0) is 16.1 Å². The van der Waals surface area contributed by atoms with E-state index in [0.717, 1.165) is 11.3 Å². The fourth-order valence-corrected chi connectivity index (χ4v) is 2.84. The highest BCUT2D eigenvalue weighted by Crippen LogP contribution is 2.25. The Morgan fingerprint density at radius 2 is 2.00 bits per heavy atom. The Balaban J connectivity index is 1.60. The van der Waals surface area contributed by atoms with Crippen molar-refractivity contribution in [2.75, 3.05) is 11.4 Å². The molecule has 0 radical (unpaired) electrons. The van der Waals surface area contributed by atoms with Crippen LogP contribution in [-0.4, -0.2) is 18.4 Å². The number of hydrogen-bond acceptors (Lipinski definition) is 2. The first-order valence-electron chi connectivity index (χ1n) is 7.92. The normalized spacial score (nSPS) is 17.2. The van der Waals surface area contributed by atoms with Gasteiger partial charge in [-0.2, -0.15) is 0 Å². The highest BCUT2D eigenvalue weighted by molar-refractivity contribution is 6.00. The van der Waals surface area contributed by atoms with Crippen molar-refractivity contribution in [3.63, 3.8) is 0 Å². The summed E-state index contributed by atoms with van der Waals surface area (Å²) in [6.45, 7) is 2.61. The summed E-state index contributed by atoms with van der Waals surface area (Å²) in [5, 5.41) is 2.79. The number of nitrogens with one attached hydrogen (secondary N) is 1. The summed E-state index contributed by atoms with van der Waals surface area (Å²) in [7, 11) is 0. The van der Waals surface area contributed by atoms with Gasteiger partial charge in [0.15, 0.2) is 0 Å². The number of aryl methyl sites for hydroxylation is 1. The predicted molar refractivity (Wildman–Crippen MR) is 89.9 cm³/mol. The minimum absolute atomic E-state index is 0.0511. The van der Waals surface area contributed by atoms with E-state index in [1.54, 1.807) is 17.0 Å². The first-order valence-corrected chi connectivity index (χ1v) is 7.92. The van der Waals surface area contributed by atoms with E-state index in [0.29, 0.717) is 12.1 Å². The quantitative estimate of drug-likeness (QED) is 0.939. The van der Waals surface area contributed by atoms with Crippen LogP contribution in [0.25, 0.3) is 0 Å². The molecule has 0 bridgehead atoms. The highest BCUT2D eigenvalue weighted by Gasteiger charge is 2.34. The van der Waals surface area contributed by atoms with Crippen LogP contribution in [0, 0.1) is 18.7 Å². The number of hydrogen-bond donors (Lipinski definition) is 1. The number of amides is 2. The monoisotopic (exact) mass is 326 g/mol. The third-order valence-electron chi connectivity index (χ3n) is 4.20. The molecule has 2 aromatic rings. The molecule has 124 valence electrons. The lowest BCUT2D eigenvalue weighted by atomic mass is 10.1. The van der Waals surface area contributed by atoms with Crippen molar-refractivity contribution in [3.8, 4) is 0 Å². The zero-order chi connectivity index (χ0) is 17.1. The Morgan fingerprint density at radius 3 is 2.71 bits per heavy atom. The van der Waals surface area contributed by atoms with Gasteiger partial charge in [0.1, 0.15) is 5.82 Å². The van der Waals surface area contributed by atoms with Crippen LogP contribution in [0.2, 0.25) is 0 Å². The number of halogens is 1. The Kier molecular flexibility index (Phi) is 4.60. The van der Waals surface area contributed by atoms with E-state index in [-0.39, 0.29) is 36.5 Å². The van der Waals surface area contributed by atoms with E-state index in [1.165, 1.54) is 12.1 Å². The van der Waals surface area contributed by atoms with Crippen LogP contribution in [0.5, 0.6) is 0 Å². The average Bonchev–Trinajstić information content (AvgIpc) is 2.95. The van der Waals surface area contributed by atoms with Gasteiger partial charge in [0.2, 0.25) is 11.8 Å². The van der Waals surface area contributed by atoms with Crippen molar-refractivity contribution >= 4 is 17.5 Å². The van der Waals surface area contributed by atoms with Crippen molar-refractivity contribution < 1.29 is 14.0 Å². The van der Waals surface area contributed by atoms with Crippen molar-refractivity contribution in [1.29, 1.82) is 0 Å². The van der Waals surface area contributed by atoms with Gasteiger partial charge in [-0.15, -0.1) is 0 Å². The van der Waals surface area contributed by atoms with E-state index >= 15 is 0 Å². The van der Waals surface area contributed by atoms with Gasteiger partial charge in [-0.3, -0.25) is 9.59 Å². The SMILES string of the molecule is Cc1ccc(N2C[C@@H](C(=O)NCc3cccc(F)c3)CC2=O)cc1. The van der Waals surface area contributed by atoms with E-state index in [9.17, 15) is 14.0 Å². The molecule has 1 saturated heterocycles. The second-order valence-corrected chi connectivity index (χ2v) is 6.09. The predicted octanol–water partition coefficient (Wildman–Crippen LogP) is 2.80. The highest BCUT2D eigenvalue weighted by atomic mass is 19.1. The first kappa shape index (κ1) is 16.2. The van der Waals surface area contributed by atoms with Crippen LogP contribution in [0.4, 0.5) is 10.1 Å². The molecule has 2 aromatic carbocycles. The number of carbonyl (C=O) groups excluding carboxylic acids is 2. The summed E-state index contributed by atoms with van der Waals surface area (Å²) in [6.07, 6.45) is 0.197. The lowest BCUT2D eigenvalue weighted by Gasteiger charge is -2.17. The molecule has 1 atom stereocenters. The standard InChI is InChI=1S/C19H19FN2O2/c1-13-5-7-17(8-6-13)22-12-15(10-18(22)23)19(24)21-11-14-3-2-4-16(20)9-14/h2-9,15H,10-12H2,1H3,(H,21,24)/t15-/m0/s1. The topological polar surface area (TPSA) is 49.4 Å². The molecule has 2 amide bonds. The summed E-state index contributed by atoms with van der Waals surface area (Å²) < 4.78 is 13.1. The van der Waals surface area contributed by atoms with Crippen LogP contribution in [0.1, 0.15) is 17.5 Å². The molecule has 0 aromatic heterocycles. The van der Waals surface area contributed by atoms with Crippen molar-refractivity contribution in [2.24, 2.45) is 5.92 Å². The number of rotatable bonds is 4. The Labute approximate surface area is 140 Å². The minimum Gasteiger partial charge on any atom is -0.352 e. The van der Waals surface area contributed by atoms with Crippen molar-refractivity contribution in [1.82, 2.24) is 5.32 Å². The molecule has 5 heteroatoms. The molecule has 0 spiro atoms. The van der Waals surface area contributed by atoms with Crippen LogP contribution in [0.3, 0.4) is 0 Å². The molecular formula is C19H19FN2O2. The maximum atomic E-state index is 13.1. The fraction of sp³-hybridized carbons (Fsp3) is 0.263. The summed E-state index contributed by atoms with van der Waals surface area (Å²) in [5.74, 6) is -0.942. The molecule has 0 saturated carbocycles. The van der Waals surface area contributed by atoms with Gasteiger partial charge in [0.25, 0.3) is 0 Å². The number of nitrogens with zero attached hydrogens (tertiary/aromatic N) is 1. The molecule has 24 heavy (non-hydrogen) atoms. The maximum absolute atomic E-state index is 13.1. The van der Waals surface area contributed by atoms with Gasteiger partial charge in [-0.1, -0.05) is 29.8 Å². The summed E-state index contributed by atoms with van der Waals surface area (Å²) >= 11 is 0. The molecule has 1 aliphatic heterocycles. The van der Waals surface area contributed by atoms with Crippen LogP contribution < -0.4 is 10.2 Å². The van der Waals surface area contributed by atoms with Crippen molar-refractivity contribution in [3.05, 3.63) is 65.5 Å². The summed E-state index contributed by atoms with van der Waals surface area (Å²) in [6, 6.07) is 13.8.